The topological polar surface area (TPSA) is 57.5 Å². The van der Waals surface area contributed by atoms with Crippen molar-refractivity contribution < 1.29 is 0 Å². The molecule has 7 heteroatoms. The van der Waals surface area contributed by atoms with Gasteiger partial charge >= 0.3 is 0 Å². The maximum Gasteiger partial charge on any atom is 0.180 e. The normalized spacial score (nSPS) is 20.7. The van der Waals surface area contributed by atoms with Crippen LogP contribution in [0.3, 0.4) is 0 Å². The number of amidine groups is 1. The lowest BCUT2D eigenvalue weighted by molar-refractivity contribution is 0.391. The molecule has 2 aliphatic heterocycles. The summed E-state index contributed by atoms with van der Waals surface area (Å²) >= 11 is 1.89. The molecule has 0 saturated carbocycles. The van der Waals surface area contributed by atoms with Gasteiger partial charge in [-0.15, -0.1) is 0 Å². The Labute approximate surface area is 152 Å². The lowest BCUT2D eigenvalue weighted by Crippen LogP contribution is -2.48. The molecule has 0 N–H and O–H groups in total. The summed E-state index contributed by atoms with van der Waals surface area (Å²) < 4.78 is 0. The van der Waals surface area contributed by atoms with E-state index in [1.54, 1.807) is 6.20 Å². The number of anilines is 1. The third-order valence-electron chi connectivity index (χ3n) is 4.40. The molecule has 25 heavy (non-hydrogen) atoms. The van der Waals surface area contributed by atoms with E-state index in [0.717, 1.165) is 49.9 Å². The van der Waals surface area contributed by atoms with E-state index >= 15 is 0 Å². The van der Waals surface area contributed by atoms with Gasteiger partial charge in [0.05, 0.1) is 6.54 Å². The largest absolute Gasteiger partial charge is 0.353 e. The Morgan fingerprint density at radius 2 is 1.88 bits per heavy atom. The zero-order valence-corrected chi connectivity index (χ0v) is 15.4. The lowest BCUT2D eigenvalue weighted by atomic mass is 10.3. The van der Waals surface area contributed by atoms with Crippen LogP contribution in [0.2, 0.25) is 0 Å². The number of aryl methyl sites for hydroxylation is 1. The van der Waals surface area contributed by atoms with Crippen LogP contribution in [-0.2, 0) is 0 Å². The fraction of sp³-hybridized carbons (Fsp3) is 0.444. The van der Waals surface area contributed by atoms with Gasteiger partial charge in [-0.3, -0.25) is 9.98 Å². The molecule has 0 amide bonds. The minimum Gasteiger partial charge on any atom is -0.353 e. The van der Waals surface area contributed by atoms with E-state index in [0.29, 0.717) is 11.1 Å². The summed E-state index contributed by atoms with van der Waals surface area (Å²) in [6, 6.07) is 7.89. The van der Waals surface area contributed by atoms with Gasteiger partial charge in [-0.2, -0.15) is 0 Å². The molecule has 2 aromatic rings. The number of rotatable bonds is 2. The maximum absolute atomic E-state index is 4.76. The molecule has 1 unspecified atom stereocenters. The van der Waals surface area contributed by atoms with Crippen LogP contribution in [0, 0.1) is 6.92 Å². The predicted molar refractivity (Wildman–Crippen MR) is 103 cm³/mol. The Morgan fingerprint density at radius 1 is 1.08 bits per heavy atom. The fourth-order valence-corrected chi connectivity index (χ4v) is 4.08. The second-order valence-corrected chi connectivity index (χ2v) is 7.84. The number of thioether (sulfide) groups is 1. The first kappa shape index (κ1) is 16.3. The van der Waals surface area contributed by atoms with E-state index in [4.69, 9.17) is 4.98 Å². The number of piperazine rings is 1. The number of nitrogens with zero attached hydrogens (tertiary/aromatic N) is 6. The van der Waals surface area contributed by atoms with Crippen LogP contribution < -0.4 is 4.90 Å². The smallest absolute Gasteiger partial charge is 0.180 e. The van der Waals surface area contributed by atoms with Gasteiger partial charge in [-0.05, 0) is 19.1 Å². The second-order valence-electron chi connectivity index (χ2n) is 6.43. The van der Waals surface area contributed by atoms with Gasteiger partial charge in [0.15, 0.2) is 11.0 Å². The van der Waals surface area contributed by atoms with E-state index in [-0.39, 0.29) is 0 Å². The number of pyridine rings is 1. The van der Waals surface area contributed by atoms with Crippen molar-refractivity contribution in [2.75, 3.05) is 37.6 Å². The quantitative estimate of drug-likeness (QED) is 0.826. The Morgan fingerprint density at radius 3 is 2.56 bits per heavy atom. The molecule has 4 rings (SSSR count). The molecule has 1 saturated heterocycles. The van der Waals surface area contributed by atoms with Crippen molar-refractivity contribution in [2.45, 2.75) is 19.1 Å². The molecule has 0 spiro atoms. The average molecular weight is 354 g/mol. The van der Waals surface area contributed by atoms with E-state index in [1.807, 2.05) is 36.9 Å². The average Bonchev–Trinajstić information content (AvgIpc) is 3.08. The number of aliphatic imine (C=N–C) groups is 1. The van der Waals surface area contributed by atoms with Gasteiger partial charge in [0.25, 0.3) is 0 Å². The van der Waals surface area contributed by atoms with Crippen LogP contribution in [0.1, 0.15) is 12.6 Å². The van der Waals surface area contributed by atoms with Gasteiger partial charge in [0, 0.05) is 49.4 Å². The van der Waals surface area contributed by atoms with Crippen molar-refractivity contribution >= 4 is 22.7 Å². The molecule has 2 aromatic heterocycles. The molecule has 2 aliphatic rings. The van der Waals surface area contributed by atoms with Gasteiger partial charge < -0.3 is 9.80 Å². The summed E-state index contributed by atoms with van der Waals surface area (Å²) in [5.41, 5.74) is 1.79. The molecule has 6 nitrogen and oxygen atoms in total. The van der Waals surface area contributed by atoms with E-state index < -0.39 is 0 Å². The van der Waals surface area contributed by atoms with Gasteiger partial charge in [0.2, 0.25) is 0 Å². The zero-order valence-electron chi connectivity index (χ0n) is 14.6. The summed E-state index contributed by atoms with van der Waals surface area (Å²) in [5, 5.41) is 1.82. The van der Waals surface area contributed by atoms with Crippen LogP contribution >= 0.6 is 11.8 Å². The highest BCUT2D eigenvalue weighted by molar-refractivity contribution is 8.14. The summed E-state index contributed by atoms with van der Waals surface area (Å²) in [4.78, 5) is 23.1. The van der Waals surface area contributed by atoms with Crippen LogP contribution in [-0.4, -0.2) is 63.0 Å². The molecular formula is C18H22N6S. The van der Waals surface area contributed by atoms with Crippen molar-refractivity contribution in [3.63, 3.8) is 0 Å². The molecular weight excluding hydrogens is 332 g/mol. The third-order valence-corrected chi connectivity index (χ3v) is 5.55. The highest BCUT2D eigenvalue weighted by Gasteiger charge is 2.25. The Balaban J connectivity index is 1.49. The van der Waals surface area contributed by atoms with Crippen LogP contribution in [0.25, 0.3) is 11.5 Å². The first-order chi connectivity index (χ1) is 12.2. The number of aromatic nitrogens is 3. The molecule has 0 bridgehead atoms. The summed E-state index contributed by atoms with van der Waals surface area (Å²) in [6.45, 7) is 9.07. The first-order valence-electron chi connectivity index (χ1n) is 8.67. The van der Waals surface area contributed by atoms with Gasteiger partial charge in [0.1, 0.15) is 11.5 Å². The van der Waals surface area contributed by atoms with Crippen molar-refractivity contribution in [1.82, 2.24) is 19.9 Å². The Kier molecular flexibility index (Phi) is 4.57. The van der Waals surface area contributed by atoms with Crippen LogP contribution in [0.4, 0.5) is 5.82 Å². The SMILES string of the molecule is Cc1cc(N2CCN(C3=NCC(C)S3)CC2)nc(-c2ccccn2)n1. The molecule has 4 heterocycles. The molecule has 1 fully saturated rings. The maximum atomic E-state index is 4.76. The zero-order chi connectivity index (χ0) is 17.2. The third kappa shape index (κ3) is 3.61. The highest BCUT2D eigenvalue weighted by atomic mass is 32.2. The Bertz CT molecular complexity index is 770. The predicted octanol–water partition coefficient (Wildman–Crippen LogP) is 2.46. The molecule has 0 radical (unpaired) electrons. The summed E-state index contributed by atoms with van der Waals surface area (Å²) in [6.07, 6.45) is 1.78. The highest BCUT2D eigenvalue weighted by Crippen LogP contribution is 2.25. The summed E-state index contributed by atoms with van der Waals surface area (Å²) in [7, 11) is 0. The van der Waals surface area contributed by atoms with E-state index in [9.17, 15) is 0 Å². The lowest BCUT2D eigenvalue weighted by Gasteiger charge is -2.36. The standard InChI is InChI=1S/C18H22N6S/c1-13-11-16(22-17(21-13)15-5-3-4-6-19-15)23-7-9-24(10-8-23)18-20-12-14(2)25-18/h3-6,11,14H,7-10,12H2,1-2H3. The molecule has 130 valence electrons. The second kappa shape index (κ2) is 7.00. The van der Waals surface area contributed by atoms with E-state index in [2.05, 4.69) is 37.8 Å². The minimum absolute atomic E-state index is 0.610. The monoisotopic (exact) mass is 354 g/mol. The van der Waals surface area contributed by atoms with Gasteiger partial charge in [-0.1, -0.05) is 24.8 Å². The molecule has 0 aliphatic carbocycles. The molecule has 1 atom stereocenters. The summed E-state index contributed by atoms with van der Waals surface area (Å²) in [5.74, 6) is 1.68. The van der Waals surface area contributed by atoms with Crippen LogP contribution in [0.15, 0.2) is 35.5 Å². The Hall–Kier alpha value is -2.15. The molecule has 0 aromatic carbocycles. The minimum atomic E-state index is 0.610. The fourth-order valence-electron chi connectivity index (χ4n) is 3.09. The van der Waals surface area contributed by atoms with Crippen molar-refractivity contribution in [2.24, 2.45) is 4.99 Å². The first-order valence-corrected chi connectivity index (χ1v) is 9.55. The number of hydrogen-bond acceptors (Lipinski definition) is 7. The van der Waals surface area contributed by atoms with Gasteiger partial charge in [-0.25, -0.2) is 9.97 Å². The van der Waals surface area contributed by atoms with Crippen LogP contribution in [0.5, 0.6) is 0 Å². The van der Waals surface area contributed by atoms with E-state index in [1.165, 1.54) is 5.17 Å². The van der Waals surface area contributed by atoms with Crippen molar-refractivity contribution in [3.05, 3.63) is 36.2 Å². The van der Waals surface area contributed by atoms with Crippen molar-refractivity contribution in [3.8, 4) is 11.5 Å². The van der Waals surface area contributed by atoms with Crippen molar-refractivity contribution in [1.29, 1.82) is 0 Å². The number of hydrogen-bond donors (Lipinski definition) is 0.